The van der Waals surface area contributed by atoms with E-state index in [0.717, 1.165) is 12.1 Å². The van der Waals surface area contributed by atoms with Crippen molar-refractivity contribution in [2.45, 2.75) is 46.1 Å². The molecule has 0 radical (unpaired) electrons. The Kier molecular flexibility index (Phi) is 5.84. The van der Waals surface area contributed by atoms with Crippen LogP contribution in [0.2, 0.25) is 5.15 Å². The lowest BCUT2D eigenvalue weighted by Gasteiger charge is -2.36. The van der Waals surface area contributed by atoms with Gasteiger partial charge in [0.25, 0.3) is 5.56 Å². The Morgan fingerprint density at radius 2 is 1.89 bits per heavy atom. The zero-order valence-corrected chi connectivity index (χ0v) is 17.6. The number of ether oxygens (including phenoxy) is 1. The molecule has 7 nitrogen and oxygen atoms in total. The second-order valence-electron chi connectivity index (χ2n) is 8.01. The molecular formula is C20H27ClN4O3. The molecule has 1 amide bonds. The molecule has 0 saturated carbocycles. The van der Waals surface area contributed by atoms with Crippen molar-refractivity contribution >= 4 is 29.0 Å². The van der Waals surface area contributed by atoms with Gasteiger partial charge in [-0.15, -0.1) is 0 Å². The summed E-state index contributed by atoms with van der Waals surface area (Å²) < 4.78 is 7.00. The van der Waals surface area contributed by atoms with Crippen LogP contribution in [-0.4, -0.2) is 52.2 Å². The standard InChI is InChI=1S/C20H27ClN4O3/c1-5-6-15-17(21)22-16-8-7-14(13-25(16)18(15)26)23-9-11-24(12-10-23)19(27)28-20(2,3)4/h7-8,13H,5-6,9-12H2,1-4H3. The van der Waals surface area contributed by atoms with Gasteiger partial charge in [0.1, 0.15) is 16.4 Å². The number of hydrogen-bond donors (Lipinski definition) is 0. The largest absolute Gasteiger partial charge is 0.444 e. The summed E-state index contributed by atoms with van der Waals surface area (Å²) in [5.41, 5.74) is 1.38. The van der Waals surface area contributed by atoms with Gasteiger partial charge in [0.15, 0.2) is 0 Å². The van der Waals surface area contributed by atoms with E-state index >= 15 is 0 Å². The summed E-state index contributed by atoms with van der Waals surface area (Å²) in [7, 11) is 0. The number of rotatable bonds is 3. The van der Waals surface area contributed by atoms with Crippen molar-refractivity contribution in [3.05, 3.63) is 39.4 Å². The van der Waals surface area contributed by atoms with Crippen LogP contribution in [0, 0.1) is 0 Å². The van der Waals surface area contributed by atoms with E-state index in [-0.39, 0.29) is 16.8 Å². The van der Waals surface area contributed by atoms with E-state index in [0.29, 0.717) is 43.8 Å². The van der Waals surface area contributed by atoms with Crippen molar-refractivity contribution in [2.75, 3.05) is 31.1 Å². The molecule has 2 aromatic heterocycles. The fourth-order valence-corrected chi connectivity index (χ4v) is 3.52. The van der Waals surface area contributed by atoms with E-state index < -0.39 is 5.60 Å². The zero-order valence-electron chi connectivity index (χ0n) is 16.9. The number of hydrogen-bond acceptors (Lipinski definition) is 5. The van der Waals surface area contributed by atoms with E-state index in [1.807, 2.05) is 40.0 Å². The summed E-state index contributed by atoms with van der Waals surface area (Å²) in [5.74, 6) is 0. The quantitative estimate of drug-likeness (QED) is 0.731. The number of aromatic nitrogens is 2. The molecule has 1 fully saturated rings. The topological polar surface area (TPSA) is 67.2 Å². The maximum Gasteiger partial charge on any atom is 0.410 e. The van der Waals surface area contributed by atoms with Crippen molar-refractivity contribution in [3.8, 4) is 0 Å². The molecule has 2 aromatic rings. The van der Waals surface area contributed by atoms with Crippen LogP contribution in [-0.2, 0) is 11.2 Å². The van der Waals surface area contributed by atoms with Crippen molar-refractivity contribution in [2.24, 2.45) is 0 Å². The van der Waals surface area contributed by atoms with Crippen molar-refractivity contribution in [3.63, 3.8) is 0 Å². The summed E-state index contributed by atoms with van der Waals surface area (Å²) in [4.78, 5) is 33.2. The van der Waals surface area contributed by atoms with Crippen LogP contribution in [0.5, 0.6) is 0 Å². The lowest BCUT2D eigenvalue weighted by Crippen LogP contribution is -2.50. The van der Waals surface area contributed by atoms with Gasteiger partial charge in [-0.2, -0.15) is 0 Å². The third-order valence-electron chi connectivity index (χ3n) is 4.65. The summed E-state index contributed by atoms with van der Waals surface area (Å²) >= 11 is 6.18. The molecule has 0 N–H and O–H groups in total. The molecule has 3 heterocycles. The van der Waals surface area contributed by atoms with Crippen LogP contribution in [0.15, 0.2) is 23.1 Å². The van der Waals surface area contributed by atoms with Crippen molar-refractivity contribution < 1.29 is 9.53 Å². The second-order valence-corrected chi connectivity index (χ2v) is 8.36. The third-order valence-corrected chi connectivity index (χ3v) is 4.96. The first kappa shape index (κ1) is 20.5. The monoisotopic (exact) mass is 406 g/mol. The van der Waals surface area contributed by atoms with E-state index in [1.54, 1.807) is 15.4 Å². The van der Waals surface area contributed by atoms with Gasteiger partial charge in [-0.05, 0) is 39.3 Å². The molecule has 0 aliphatic carbocycles. The van der Waals surface area contributed by atoms with Crippen molar-refractivity contribution in [1.82, 2.24) is 14.3 Å². The van der Waals surface area contributed by atoms with Crippen LogP contribution in [0.3, 0.4) is 0 Å². The molecule has 0 unspecified atom stereocenters. The van der Waals surface area contributed by atoms with Crippen LogP contribution >= 0.6 is 11.6 Å². The maximum atomic E-state index is 12.8. The number of carbonyl (C=O) groups is 1. The van der Waals surface area contributed by atoms with E-state index in [2.05, 4.69) is 9.88 Å². The van der Waals surface area contributed by atoms with Gasteiger partial charge in [0.05, 0.1) is 11.3 Å². The van der Waals surface area contributed by atoms with Crippen molar-refractivity contribution in [1.29, 1.82) is 0 Å². The number of nitrogens with zero attached hydrogens (tertiary/aromatic N) is 4. The first-order valence-electron chi connectivity index (χ1n) is 9.63. The molecular weight excluding hydrogens is 380 g/mol. The lowest BCUT2D eigenvalue weighted by atomic mass is 10.2. The van der Waals surface area contributed by atoms with Crippen LogP contribution in [0.4, 0.5) is 10.5 Å². The normalized spacial score (nSPS) is 15.2. The smallest absolute Gasteiger partial charge is 0.410 e. The number of fused-ring (bicyclic) bond motifs is 1. The molecule has 1 aliphatic heterocycles. The van der Waals surface area contributed by atoms with Gasteiger partial charge in [-0.1, -0.05) is 24.9 Å². The third kappa shape index (κ3) is 4.41. The molecule has 3 rings (SSSR count). The Hall–Kier alpha value is -2.28. The molecule has 1 saturated heterocycles. The minimum absolute atomic E-state index is 0.119. The molecule has 28 heavy (non-hydrogen) atoms. The van der Waals surface area contributed by atoms with Gasteiger partial charge in [0, 0.05) is 32.4 Å². The number of carbonyl (C=O) groups excluding carboxylic acids is 1. The number of pyridine rings is 1. The Bertz CT molecular complexity index is 927. The summed E-state index contributed by atoms with van der Waals surface area (Å²) in [6, 6.07) is 3.74. The van der Waals surface area contributed by atoms with Gasteiger partial charge in [-0.25, -0.2) is 9.78 Å². The lowest BCUT2D eigenvalue weighted by molar-refractivity contribution is 0.0240. The van der Waals surface area contributed by atoms with Gasteiger partial charge >= 0.3 is 6.09 Å². The molecule has 0 spiro atoms. The molecule has 0 bridgehead atoms. The minimum Gasteiger partial charge on any atom is -0.444 e. The molecule has 0 aromatic carbocycles. The molecule has 8 heteroatoms. The van der Waals surface area contributed by atoms with Crippen LogP contribution in [0.25, 0.3) is 5.65 Å². The Balaban J connectivity index is 1.78. The Labute approximate surface area is 169 Å². The predicted octanol–water partition coefficient (Wildman–Crippen LogP) is 3.36. The Morgan fingerprint density at radius 3 is 2.50 bits per heavy atom. The highest BCUT2D eigenvalue weighted by atomic mass is 35.5. The van der Waals surface area contributed by atoms with Gasteiger partial charge < -0.3 is 14.5 Å². The number of piperazine rings is 1. The molecule has 0 atom stereocenters. The van der Waals surface area contributed by atoms with Gasteiger partial charge in [-0.3, -0.25) is 9.20 Å². The summed E-state index contributed by atoms with van der Waals surface area (Å²) in [6.07, 6.45) is 2.95. The first-order valence-corrected chi connectivity index (χ1v) is 10.0. The van der Waals surface area contributed by atoms with Gasteiger partial charge in [0.2, 0.25) is 0 Å². The molecule has 1 aliphatic rings. The number of halogens is 1. The number of amides is 1. The van der Waals surface area contributed by atoms with E-state index in [1.165, 1.54) is 0 Å². The highest BCUT2D eigenvalue weighted by Crippen LogP contribution is 2.20. The van der Waals surface area contributed by atoms with Crippen LogP contribution in [0.1, 0.15) is 39.7 Å². The van der Waals surface area contributed by atoms with E-state index in [4.69, 9.17) is 16.3 Å². The SMILES string of the molecule is CCCc1c(Cl)nc2ccc(N3CCN(C(=O)OC(C)(C)C)CC3)cn2c1=O. The summed E-state index contributed by atoms with van der Waals surface area (Å²) in [5, 5.41) is 0.283. The highest BCUT2D eigenvalue weighted by molar-refractivity contribution is 6.30. The predicted molar refractivity (Wildman–Crippen MR) is 110 cm³/mol. The first-order chi connectivity index (χ1) is 13.2. The maximum absolute atomic E-state index is 12.8. The molecule has 152 valence electrons. The minimum atomic E-state index is -0.502. The number of anilines is 1. The highest BCUT2D eigenvalue weighted by Gasteiger charge is 2.26. The fourth-order valence-electron chi connectivity index (χ4n) is 3.26. The second kappa shape index (κ2) is 7.99. The summed E-state index contributed by atoms with van der Waals surface area (Å²) in [6.45, 7) is 10.1. The fraction of sp³-hybridized carbons (Fsp3) is 0.550. The average Bonchev–Trinajstić information content (AvgIpc) is 2.64. The Morgan fingerprint density at radius 1 is 1.21 bits per heavy atom. The zero-order chi connectivity index (χ0) is 20.5. The average molecular weight is 407 g/mol. The van der Waals surface area contributed by atoms with E-state index in [9.17, 15) is 9.59 Å². The van der Waals surface area contributed by atoms with Crippen LogP contribution < -0.4 is 10.5 Å².